The van der Waals surface area contributed by atoms with Crippen LogP contribution >= 0.6 is 12.6 Å². The van der Waals surface area contributed by atoms with Gasteiger partial charge < -0.3 is 4.52 Å². The van der Waals surface area contributed by atoms with Gasteiger partial charge in [-0.1, -0.05) is 11.2 Å². The number of nitrogens with zero attached hydrogens (tertiary/aromatic N) is 2. The molecule has 1 rings (SSSR count). The van der Waals surface area contributed by atoms with Gasteiger partial charge in [-0.3, -0.25) is 0 Å². The fraction of sp³-hybridized carbons (Fsp3) is 0.200. The second-order valence-corrected chi connectivity index (χ2v) is 2.02. The van der Waals surface area contributed by atoms with Gasteiger partial charge in [0.1, 0.15) is 0 Å². The second-order valence-electron chi connectivity index (χ2n) is 1.46. The van der Waals surface area contributed by atoms with E-state index >= 15 is 0 Å². The van der Waals surface area contributed by atoms with Crippen molar-refractivity contribution >= 4 is 12.6 Å². The average molecular weight is 142 g/mol. The Morgan fingerprint density at radius 1 is 1.89 bits per heavy atom. The summed E-state index contributed by atoms with van der Waals surface area (Å²) in [5.41, 5.74) is 0. The van der Waals surface area contributed by atoms with Gasteiger partial charge in [-0.05, 0) is 0 Å². The fourth-order valence-electron chi connectivity index (χ4n) is 0.413. The zero-order valence-corrected chi connectivity index (χ0v) is 5.58. The Bertz CT molecular complexity index is 185. The minimum absolute atomic E-state index is 0.146. The predicted octanol–water partition coefficient (Wildman–Crippen LogP) is 1.23. The third-order valence-electron chi connectivity index (χ3n) is 0.855. The van der Waals surface area contributed by atoms with E-state index in [9.17, 15) is 0 Å². The number of thiol groups is 1. The van der Waals surface area contributed by atoms with Crippen LogP contribution in [0.3, 0.4) is 0 Å². The van der Waals surface area contributed by atoms with Crippen LogP contribution in [0.2, 0.25) is 0 Å². The normalized spacial score (nSPS) is 13.0. The summed E-state index contributed by atoms with van der Waals surface area (Å²) in [6.45, 7) is 3.51. The van der Waals surface area contributed by atoms with Crippen LogP contribution in [0, 0.1) is 0 Å². The summed E-state index contributed by atoms with van der Waals surface area (Å²) in [6, 6.07) is 0. The number of aromatic nitrogens is 2. The number of rotatable bonds is 2. The quantitative estimate of drug-likeness (QED) is 0.498. The Labute approximate surface area is 58.2 Å². The van der Waals surface area contributed by atoms with Crippen molar-refractivity contribution in [2.45, 2.75) is 5.25 Å². The molecule has 1 aromatic rings. The summed E-state index contributed by atoms with van der Waals surface area (Å²) in [7, 11) is 0. The van der Waals surface area contributed by atoms with E-state index in [-0.39, 0.29) is 5.25 Å². The molecule has 0 amide bonds. The maximum atomic E-state index is 4.68. The smallest absolute Gasteiger partial charge is 0.243 e. The molecular weight excluding hydrogens is 136 g/mol. The van der Waals surface area contributed by atoms with Gasteiger partial charge in [-0.2, -0.15) is 17.6 Å². The van der Waals surface area contributed by atoms with E-state index in [0.29, 0.717) is 5.89 Å². The second kappa shape index (κ2) is 2.68. The Balaban J connectivity index is 2.76. The molecule has 0 N–H and O–H groups in total. The van der Waals surface area contributed by atoms with Crippen molar-refractivity contribution in [1.29, 1.82) is 0 Å². The number of hydrogen-bond acceptors (Lipinski definition) is 4. The van der Waals surface area contributed by atoms with Gasteiger partial charge in [-0.15, -0.1) is 6.58 Å². The van der Waals surface area contributed by atoms with E-state index in [1.807, 2.05) is 0 Å². The van der Waals surface area contributed by atoms with Crippen molar-refractivity contribution in [3.8, 4) is 0 Å². The van der Waals surface area contributed by atoms with Crippen molar-refractivity contribution in [2.75, 3.05) is 0 Å². The molecule has 0 saturated carbocycles. The van der Waals surface area contributed by atoms with Crippen molar-refractivity contribution in [3.05, 3.63) is 24.9 Å². The summed E-state index contributed by atoms with van der Waals surface area (Å²) in [5, 5.41) is 3.26. The van der Waals surface area contributed by atoms with Gasteiger partial charge in [0.2, 0.25) is 5.89 Å². The van der Waals surface area contributed by atoms with Crippen LogP contribution in [0.15, 0.2) is 23.5 Å². The van der Waals surface area contributed by atoms with Crippen molar-refractivity contribution in [2.24, 2.45) is 0 Å². The number of hydrogen-bond donors (Lipinski definition) is 1. The zero-order valence-electron chi connectivity index (χ0n) is 4.69. The lowest BCUT2D eigenvalue weighted by atomic mass is 10.4. The van der Waals surface area contributed by atoms with Crippen LogP contribution in [-0.2, 0) is 0 Å². The van der Waals surface area contributed by atoms with Crippen molar-refractivity contribution in [3.63, 3.8) is 0 Å². The van der Waals surface area contributed by atoms with E-state index in [0.717, 1.165) is 0 Å². The minimum atomic E-state index is -0.146. The lowest BCUT2D eigenvalue weighted by Crippen LogP contribution is -1.82. The average Bonchev–Trinajstić information content (AvgIpc) is 2.37. The van der Waals surface area contributed by atoms with E-state index < -0.39 is 0 Å². The van der Waals surface area contributed by atoms with Crippen molar-refractivity contribution < 1.29 is 4.52 Å². The first kappa shape index (κ1) is 6.35. The molecule has 0 fully saturated rings. The Hall–Kier alpha value is -0.770. The molecular formula is C5H6N2OS. The highest BCUT2D eigenvalue weighted by molar-refractivity contribution is 7.80. The molecule has 0 bridgehead atoms. The molecule has 0 aliphatic heterocycles. The molecule has 0 spiro atoms. The van der Waals surface area contributed by atoms with Crippen LogP contribution in [-0.4, -0.2) is 10.1 Å². The molecule has 1 heterocycles. The molecule has 48 valence electrons. The standard InChI is InChI=1S/C5H6N2OS/c1-2-4(9)5-6-3-7-8-5/h2-4,9H,1H2. The van der Waals surface area contributed by atoms with Crippen LogP contribution in [0.25, 0.3) is 0 Å². The molecule has 4 heteroatoms. The van der Waals surface area contributed by atoms with Crippen LogP contribution in [0.4, 0.5) is 0 Å². The summed E-state index contributed by atoms with van der Waals surface area (Å²) < 4.78 is 4.68. The molecule has 0 aliphatic rings. The summed E-state index contributed by atoms with van der Waals surface area (Å²) in [4.78, 5) is 3.76. The van der Waals surface area contributed by atoms with Gasteiger partial charge in [0.05, 0.1) is 5.25 Å². The van der Waals surface area contributed by atoms with E-state index in [1.165, 1.54) is 6.33 Å². The maximum Gasteiger partial charge on any atom is 0.243 e. The van der Waals surface area contributed by atoms with Crippen LogP contribution in [0.5, 0.6) is 0 Å². The SMILES string of the molecule is C=CC(S)c1ncno1. The molecule has 1 aromatic heterocycles. The maximum absolute atomic E-state index is 4.68. The van der Waals surface area contributed by atoms with E-state index in [1.54, 1.807) is 6.08 Å². The van der Waals surface area contributed by atoms with E-state index in [4.69, 9.17) is 0 Å². The zero-order chi connectivity index (χ0) is 6.69. The highest BCUT2D eigenvalue weighted by Crippen LogP contribution is 2.16. The van der Waals surface area contributed by atoms with Crippen LogP contribution in [0.1, 0.15) is 11.1 Å². The topological polar surface area (TPSA) is 38.9 Å². The third-order valence-corrected chi connectivity index (χ3v) is 1.29. The molecule has 1 atom stereocenters. The largest absolute Gasteiger partial charge is 0.338 e. The molecule has 9 heavy (non-hydrogen) atoms. The van der Waals surface area contributed by atoms with Crippen LogP contribution < -0.4 is 0 Å². The Kier molecular flexibility index (Phi) is 1.89. The third kappa shape index (κ3) is 1.32. The molecule has 0 saturated heterocycles. The molecule has 1 unspecified atom stereocenters. The molecule has 3 nitrogen and oxygen atoms in total. The first-order chi connectivity index (χ1) is 4.34. The summed E-state index contributed by atoms with van der Waals surface area (Å²) in [5.74, 6) is 0.480. The predicted molar refractivity (Wildman–Crippen MR) is 36.2 cm³/mol. The fourth-order valence-corrected chi connectivity index (χ4v) is 0.527. The first-order valence-electron chi connectivity index (χ1n) is 2.42. The molecule has 0 aromatic carbocycles. The monoisotopic (exact) mass is 142 g/mol. The highest BCUT2D eigenvalue weighted by atomic mass is 32.1. The summed E-state index contributed by atoms with van der Waals surface area (Å²) >= 11 is 4.07. The van der Waals surface area contributed by atoms with E-state index in [2.05, 4.69) is 33.9 Å². The lowest BCUT2D eigenvalue weighted by molar-refractivity contribution is 0.384. The van der Waals surface area contributed by atoms with Gasteiger partial charge in [-0.25, -0.2) is 0 Å². The van der Waals surface area contributed by atoms with Crippen molar-refractivity contribution in [1.82, 2.24) is 10.1 Å². The molecule has 0 aliphatic carbocycles. The molecule has 0 radical (unpaired) electrons. The van der Waals surface area contributed by atoms with Gasteiger partial charge in [0.25, 0.3) is 0 Å². The Morgan fingerprint density at radius 3 is 3.11 bits per heavy atom. The lowest BCUT2D eigenvalue weighted by Gasteiger charge is -1.92. The Morgan fingerprint density at radius 2 is 2.67 bits per heavy atom. The highest BCUT2D eigenvalue weighted by Gasteiger charge is 2.05. The van der Waals surface area contributed by atoms with Gasteiger partial charge in [0, 0.05) is 0 Å². The van der Waals surface area contributed by atoms with Gasteiger partial charge in [0.15, 0.2) is 6.33 Å². The minimum Gasteiger partial charge on any atom is -0.338 e. The summed E-state index contributed by atoms with van der Waals surface area (Å²) in [6.07, 6.45) is 2.96. The first-order valence-corrected chi connectivity index (χ1v) is 2.93. The van der Waals surface area contributed by atoms with Gasteiger partial charge >= 0.3 is 0 Å².